The summed E-state index contributed by atoms with van der Waals surface area (Å²) in [4.78, 5) is 3.62. The van der Waals surface area contributed by atoms with E-state index in [0.29, 0.717) is 12.8 Å². The third kappa shape index (κ3) is 2.49. The summed E-state index contributed by atoms with van der Waals surface area (Å²) in [6.45, 7) is 2.60. The zero-order chi connectivity index (χ0) is 12.4. The minimum Gasteiger partial charge on any atom is -0.333 e. The second-order valence-corrected chi connectivity index (χ2v) is 5.72. The summed E-state index contributed by atoms with van der Waals surface area (Å²) in [5.41, 5.74) is 1.26. The molecule has 18 heavy (non-hydrogen) atoms. The Labute approximate surface area is 111 Å². The van der Waals surface area contributed by atoms with Gasteiger partial charge in [0.05, 0.1) is 17.2 Å². The lowest BCUT2D eigenvalue weighted by Gasteiger charge is -2.29. The Bertz CT molecular complexity index is 484. The van der Waals surface area contributed by atoms with E-state index in [4.69, 9.17) is 0 Å². The number of hydrogen-bond acceptors (Lipinski definition) is 2. The maximum absolute atomic E-state index is 13.1. The Morgan fingerprint density at radius 2 is 2.06 bits per heavy atom. The molecule has 1 aliphatic rings. The zero-order valence-corrected chi connectivity index (χ0v) is 11.1. The van der Waals surface area contributed by atoms with Crippen molar-refractivity contribution in [1.82, 2.24) is 9.47 Å². The molecule has 0 bridgehead atoms. The highest BCUT2D eigenvalue weighted by Gasteiger charge is 2.18. The van der Waals surface area contributed by atoms with Crippen LogP contribution in [0.5, 0.6) is 0 Å². The Morgan fingerprint density at radius 1 is 1.22 bits per heavy atom. The summed E-state index contributed by atoms with van der Waals surface area (Å²) in [7, 11) is 0. The standard InChI is InChI=1S/C14H17FN2S/c15-12-5-8-16(9-6-12)11-17-7-1-3-13(17)14-4-2-10-18-14/h1-4,7,10,12H,5-6,8-9,11H2. The highest BCUT2D eigenvalue weighted by atomic mass is 32.1. The number of aromatic nitrogens is 1. The van der Waals surface area contributed by atoms with E-state index in [-0.39, 0.29) is 0 Å². The predicted octanol–water partition coefficient (Wildman–Crippen LogP) is 3.61. The Hall–Kier alpha value is -1.13. The number of thiophene rings is 1. The van der Waals surface area contributed by atoms with Gasteiger partial charge >= 0.3 is 0 Å². The third-order valence-electron chi connectivity index (χ3n) is 3.47. The first-order valence-electron chi connectivity index (χ1n) is 6.38. The highest BCUT2D eigenvalue weighted by Crippen LogP contribution is 2.25. The molecule has 0 unspecified atom stereocenters. The van der Waals surface area contributed by atoms with E-state index in [9.17, 15) is 4.39 Å². The van der Waals surface area contributed by atoms with Gasteiger partial charge in [0.1, 0.15) is 6.17 Å². The zero-order valence-electron chi connectivity index (χ0n) is 10.3. The molecule has 0 spiro atoms. The molecule has 1 saturated heterocycles. The van der Waals surface area contributed by atoms with Crippen molar-refractivity contribution in [2.45, 2.75) is 25.7 Å². The van der Waals surface area contributed by atoms with Crippen LogP contribution < -0.4 is 0 Å². The molecule has 96 valence electrons. The van der Waals surface area contributed by atoms with Crippen LogP contribution in [-0.2, 0) is 6.67 Å². The van der Waals surface area contributed by atoms with E-state index in [1.807, 2.05) is 0 Å². The Morgan fingerprint density at radius 3 is 2.78 bits per heavy atom. The summed E-state index contributed by atoms with van der Waals surface area (Å²) in [6, 6.07) is 8.45. The fraction of sp³-hybridized carbons (Fsp3) is 0.429. The molecule has 3 heterocycles. The summed E-state index contributed by atoms with van der Waals surface area (Å²) in [5.74, 6) is 0. The monoisotopic (exact) mass is 264 g/mol. The molecular formula is C14H17FN2S. The van der Waals surface area contributed by atoms with E-state index < -0.39 is 6.17 Å². The van der Waals surface area contributed by atoms with Gasteiger partial charge in [0.25, 0.3) is 0 Å². The van der Waals surface area contributed by atoms with Crippen molar-refractivity contribution in [2.24, 2.45) is 0 Å². The van der Waals surface area contributed by atoms with E-state index in [0.717, 1.165) is 19.8 Å². The quantitative estimate of drug-likeness (QED) is 0.822. The van der Waals surface area contributed by atoms with Crippen LogP contribution in [0.25, 0.3) is 10.6 Å². The number of likely N-dealkylation sites (tertiary alicyclic amines) is 1. The van der Waals surface area contributed by atoms with Crippen LogP contribution in [0.1, 0.15) is 12.8 Å². The number of alkyl halides is 1. The van der Waals surface area contributed by atoms with Crippen molar-refractivity contribution < 1.29 is 4.39 Å². The topological polar surface area (TPSA) is 8.17 Å². The molecule has 2 aromatic heterocycles. The van der Waals surface area contributed by atoms with E-state index in [1.165, 1.54) is 10.6 Å². The molecule has 1 fully saturated rings. The van der Waals surface area contributed by atoms with Gasteiger partial charge in [0.15, 0.2) is 0 Å². The van der Waals surface area contributed by atoms with Crippen molar-refractivity contribution in [1.29, 1.82) is 0 Å². The smallest absolute Gasteiger partial charge is 0.103 e. The van der Waals surface area contributed by atoms with E-state index in [1.54, 1.807) is 11.3 Å². The molecule has 0 N–H and O–H groups in total. The Kier molecular flexibility index (Phi) is 3.48. The normalized spacial score (nSPS) is 18.3. The lowest BCUT2D eigenvalue weighted by Crippen LogP contribution is -2.35. The molecular weight excluding hydrogens is 247 g/mol. The van der Waals surface area contributed by atoms with E-state index >= 15 is 0 Å². The van der Waals surface area contributed by atoms with Crippen LogP contribution in [0.2, 0.25) is 0 Å². The molecule has 0 aliphatic carbocycles. The fourth-order valence-electron chi connectivity index (χ4n) is 2.44. The van der Waals surface area contributed by atoms with Gasteiger partial charge < -0.3 is 4.57 Å². The first-order valence-corrected chi connectivity index (χ1v) is 7.26. The van der Waals surface area contributed by atoms with Crippen molar-refractivity contribution in [3.63, 3.8) is 0 Å². The van der Waals surface area contributed by atoms with Crippen LogP contribution in [0, 0.1) is 0 Å². The second kappa shape index (κ2) is 5.24. The highest BCUT2D eigenvalue weighted by molar-refractivity contribution is 7.13. The van der Waals surface area contributed by atoms with Gasteiger partial charge in [-0.25, -0.2) is 4.39 Å². The van der Waals surface area contributed by atoms with Crippen LogP contribution in [0.15, 0.2) is 35.8 Å². The average molecular weight is 264 g/mol. The van der Waals surface area contributed by atoms with Gasteiger partial charge in [0, 0.05) is 19.3 Å². The second-order valence-electron chi connectivity index (χ2n) is 4.77. The molecule has 0 atom stereocenters. The Balaban J connectivity index is 1.72. The molecule has 2 nitrogen and oxygen atoms in total. The largest absolute Gasteiger partial charge is 0.333 e. The molecule has 0 aromatic carbocycles. The maximum atomic E-state index is 13.1. The van der Waals surface area contributed by atoms with Crippen LogP contribution in [-0.4, -0.2) is 28.7 Å². The lowest BCUT2D eigenvalue weighted by molar-refractivity contribution is 0.124. The number of halogens is 1. The van der Waals surface area contributed by atoms with Gasteiger partial charge in [-0.3, -0.25) is 4.90 Å². The van der Waals surface area contributed by atoms with Gasteiger partial charge in [-0.05, 0) is 36.4 Å². The van der Waals surface area contributed by atoms with Crippen molar-refractivity contribution in [3.05, 3.63) is 35.8 Å². The predicted molar refractivity (Wildman–Crippen MR) is 73.4 cm³/mol. The summed E-state index contributed by atoms with van der Waals surface area (Å²) in [6.07, 6.45) is 2.87. The van der Waals surface area contributed by atoms with Crippen LogP contribution >= 0.6 is 11.3 Å². The minimum absolute atomic E-state index is 0.595. The first-order chi connectivity index (χ1) is 8.83. The molecule has 0 radical (unpaired) electrons. The first kappa shape index (κ1) is 11.9. The van der Waals surface area contributed by atoms with Crippen molar-refractivity contribution in [2.75, 3.05) is 13.1 Å². The van der Waals surface area contributed by atoms with Crippen LogP contribution in [0.3, 0.4) is 0 Å². The number of piperidine rings is 1. The maximum Gasteiger partial charge on any atom is 0.103 e. The van der Waals surface area contributed by atoms with Gasteiger partial charge in [-0.1, -0.05) is 6.07 Å². The average Bonchev–Trinajstić information content (AvgIpc) is 3.02. The molecule has 1 aliphatic heterocycles. The lowest BCUT2D eigenvalue weighted by atomic mass is 10.1. The summed E-state index contributed by atoms with van der Waals surface area (Å²) < 4.78 is 15.4. The van der Waals surface area contributed by atoms with Crippen molar-refractivity contribution >= 4 is 11.3 Å². The molecule has 4 heteroatoms. The van der Waals surface area contributed by atoms with Crippen molar-refractivity contribution in [3.8, 4) is 10.6 Å². The fourth-order valence-corrected chi connectivity index (χ4v) is 3.21. The van der Waals surface area contributed by atoms with Gasteiger partial charge in [-0.2, -0.15) is 0 Å². The molecule has 0 saturated carbocycles. The summed E-state index contributed by atoms with van der Waals surface area (Å²) in [5, 5.41) is 2.10. The number of nitrogens with zero attached hydrogens (tertiary/aromatic N) is 2. The summed E-state index contributed by atoms with van der Waals surface area (Å²) >= 11 is 1.76. The minimum atomic E-state index is -0.595. The van der Waals surface area contributed by atoms with Crippen LogP contribution in [0.4, 0.5) is 4.39 Å². The SMILES string of the molecule is FC1CCN(Cn2cccc2-c2cccs2)CC1. The van der Waals surface area contributed by atoms with E-state index in [2.05, 4.69) is 45.3 Å². The van der Waals surface area contributed by atoms with Gasteiger partial charge in [-0.15, -0.1) is 11.3 Å². The molecule has 3 rings (SSSR count). The third-order valence-corrected chi connectivity index (χ3v) is 4.37. The van der Waals surface area contributed by atoms with Gasteiger partial charge in [0.2, 0.25) is 0 Å². The molecule has 2 aromatic rings. The molecule has 0 amide bonds. The number of hydrogen-bond donors (Lipinski definition) is 0. The number of rotatable bonds is 3.